The van der Waals surface area contributed by atoms with Crippen LogP contribution >= 0.6 is 0 Å². The van der Waals surface area contributed by atoms with Gasteiger partial charge in [-0.2, -0.15) is 0 Å². The number of aromatic nitrogens is 1. The van der Waals surface area contributed by atoms with Crippen LogP contribution in [0.15, 0.2) is 18.2 Å². The van der Waals surface area contributed by atoms with Crippen LogP contribution in [0, 0.1) is 17.7 Å². The fourth-order valence-corrected chi connectivity index (χ4v) is 5.26. The SMILES string of the molecule is O=C1COCC1NC(=O)[C@@H]1CCCC[C@H]1C(=O)N1CCc2c([nH]c3c(F)cccc23)C1. The topological polar surface area (TPSA) is 91.5 Å². The van der Waals surface area contributed by atoms with Crippen LogP contribution in [0.25, 0.3) is 10.9 Å². The molecule has 1 unspecified atom stereocenters. The first kappa shape index (κ1) is 20.2. The summed E-state index contributed by atoms with van der Waals surface area (Å²) in [5, 5.41) is 3.67. The fourth-order valence-electron chi connectivity index (χ4n) is 5.26. The van der Waals surface area contributed by atoms with Crippen molar-refractivity contribution in [3.63, 3.8) is 0 Å². The van der Waals surface area contributed by atoms with Crippen molar-refractivity contribution < 1.29 is 23.5 Å². The molecule has 164 valence electrons. The summed E-state index contributed by atoms with van der Waals surface area (Å²) < 4.78 is 19.3. The van der Waals surface area contributed by atoms with Gasteiger partial charge in [0.05, 0.1) is 18.7 Å². The molecule has 3 heterocycles. The van der Waals surface area contributed by atoms with Gasteiger partial charge in [-0.1, -0.05) is 25.0 Å². The Kier molecular flexibility index (Phi) is 5.25. The third-order valence-electron chi connectivity index (χ3n) is 6.93. The number of hydrogen-bond donors (Lipinski definition) is 2. The van der Waals surface area contributed by atoms with Gasteiger partial charge < -0.3 is 19.9 Å². The zero-order chi connectivity index (χ0) is 21.5. The lowest BCUT2D eigenvalue weighted by Gasteiger charge is -2.36. The van der Waals surface area contributed by atoms with Crippen LogP contribution in [0.3, 0.4) is 0 Å². The number of aromatic amines is 1. The van der Waals surface area contributed by atoms with E-state index in [-0.39, 0.29) is 36.6 Å². The number of benzene rings is 1. The van der Waals surface area contributed by atoms with E-state index in [2.05, 4.69) is 10.3 Å². The van der Waals surface area contributed by atoms with Gasteiger partial charge >= 0.3 is 0 Å². The molecule has 1 aliphatic carbocycles. The van der Waals surface area contributed by atoms with Gasteiger partial charge in [0, 0.05) is 29.5 Å². The summed E-state index contributed by atoms with van der Waals surface area (Å²) in [5.41, 5.74) is 2.42. The van der Waals surface area contributed by atoms with E-state index in [4.69, 9.17) is 4.74 Å². The molecule has 7 nitrogen and oxygen atoms in total. The van der Waals surface area contributed by atoms with Crippen molar-refractivity contribution in [2.75, 3.05) is 19.8 Å². The Morgan fingerprint density at radius 3 is 2.77 bits per heavy atom. The predicted molar refractivity (Wildman–Crippen MR) is 111 cm³/mol. The number of nitrogens with one attached hydrogen (secondary N) is 2. The van der Waals surface area contributed by atoms with Gasteiger partial charge in [0.25, 0.3) is 0 Å². The molecule has 1 aromatic carbocycles. The molecule has 2 N–H and O–H groups in total. The summed E-state index contributed by atoms with van der Waals surface area (Å²) in [6, 6.07) is 4.43. The van der Waals surface area contributed by atoms with Gasteiger partial charge in [-0.25, -0.2) is 4.39 Å². The van der Waals surface area contributed by atoms with Crippen LogP contribution in [0.5, 0.6) is 0 Å². The number of ketones is 1. The van der Waals surface area contributed by atoms with Crippen LogP contribution in [0.2, 0.25) is 0 Å². The summed E-state index contributed by atoms with van der Waals surface area (Å²) in [6.07, 6.45) is 3.75. The van der Waals surface area contributed by atoms with E-state index in [1.165, 1.54) is 6.07 Å². The summed E-state index contributed by atoms with van der Waals surface area (Å²) in [6.45, 7) is 1.16. The monoisotopic (exact) mass is 427 g/mol. The van der Waals surface area contributed by atoms with E-state index in [1.54, 1.807) is 11.0 Å². The number of H-pyrrole nitrogens is 1. The summed E-state index contributed by atoms with van der Waals surface area (Å²) in [4.78, 5) is 43.1. The van der Waals surface area contributed by atoms with Crippen molar-refractivity contribution in [1.82, 2.24) is 15.2 Å². The van der Waals surface area contributed by atoms with Crippen molar-refractivity contribution in [1.29, 1.82) is 0 Å². The lowest BCUT2D eigenvalue weighted by Crippen LogP contribution is -2.49. The Labute approximate surface area is 179 Å². The maximum Gasteiger partial charge on any atom is 0.226 e. The Morgan fingerprint density at radius 2 is 2.00 bits per heavy atom. The number of rotatable bonds is 3. The van der Waals surface area contributed by atoms with Crippen LogP contribution < -0.4 is 5.32 Å². The number of para-hydroxylation sites is 1. The highest BCUT2D eigenvalue weighted by Crippen LogP contribution is 2.34. The molecule has 0 bridgehead atoms. The summed E-state index contributed by atoms with van der Waals surface area (Å²) in [5.74, 6) is -1.50. The highest BCUT2D eigenvalue weighted by Gasteiger charge is 2.40. The molecule has 31 heavy (non-hydrogen) atoms. The van der Waals surface area contributed by atoms with Gasteiger partial charge in [0.2, 0.25) is 11.8 Å². The van der Waals surface area contributed by atoms with E-state index in [0.29, 0.717) is 37.9 Å². The minimum Gasteiger partial charge on any atom is -0.371 e. The molecule has 1 saturated carbocycles. The van der Waals surface area contributed by atoms with Gasteiger partial charge in [-0.3, -0.25) is 14.4 Å². The summed E-state index contributed by atoms with van der Waals surface area (Å²) >= 11 is 0. The van der Waals surface area contributed by atoms with Crippen LogP contribution in [0.1, 0.15) is 36.9 Å². The van der Waals surface area contributed by atoms with E-state index in [9.17, 15) is 18.8 Å². The molecule has 0 spiro atoms. The second-order valence-corrected chi connectivity index (χ2v) is 8.79. The van der Waals surface area contributed by atoms with Gasteiger partial charge in [-0.15, -0.1) is 0 Å². The van der Waals surface area contributed by atoms with Crippen molar-refractivity contribution in [2.24, 2.45) is 11.8 Å². The average Bonchev–Trinajstić information content (AvgIpc) is 3.36. The number of fused-ring (bicyclic) bond motifs is 3. The standard InChI is InChI=1S/C23H26FN3O4/c24-17-7-3-6-14-13-8-9-27(10-18(13)25-21(14)17)23(30)16-5-2-1-4-15(16)22(29)26-19-11-31-12-20(19)28/h3,6-7,15-16,19,25H,1-2,4-5,8-12H2,(H,26,29)/t15-,16-,19?/m1/s1. The average molecular weight is 427 g/mol. The molecular weight excluding hydrogens is 401 g/mol. The third-order valence-corrected chi connectivity index (χ3v) is 6.93. The maximum absolute atomic E-state index is 14.2. The van der Waals surface area contributed by atoms with Crippen molar-refractivity contribution >= 4 is 28.5 Å². The van der Waals surface area contributed by atoms with Crippen LogP contribution in [-0.2, 0) is 32.1 Å². The lowest BCUT2D eigenvalue weighted by molar-refractivity contribution is -0.144. The van der Waals surface area contributed by atoms with Gasteiger partial charge in [0.15, 0.2) is 5.78 Å². The first-order valence-electron chi connectivity index (χ1n) is 11.0. The minimum atomic E-state index is -0.607. The number of hydrogen-bond acceptors (Lipinski definition) is 4. The molecule has 0 radical (unpaired) electrons. The fraction of sp³-hybridized carbons (Fsp3) is 0.522. The molecule has 5 rings (SSSR count). The van der Waals surface area contributed by atoms with E-state index >= 15 is 0 Å². The van der Waals surface area contributed by atoms with E-state index in [1.807, 2.05) is 6.07 Å². The minimum absolute atomic E-state index is 0.0270. The van der Waals surface area contributed by atoms with E-state index < -0.39 is 17.9 Å². The van der Waals surface area contributed by atoms with Crippen LogP contribution in [-0.4, -0.2) is 53.3 Å². The highest BCUT2D eigenvalue weighted by atomic mass is 19.1. The van der Waals surface area contributed by atoms with Gasteiger partial charge in [0.1, 0.15) is 18.5 Å². The molecule has 3 atom stereocenters. The number of nitrogens with zero attached hydrogens (tertiary/aromatic N) is 1. The number of carbonyl (C=O) groups is 3. The second kappa shape index (κ2) is 8.07. The molecule has 2 aliphatic heterocycles. The Morgan fingerprint density at radius 1 is 1.19 bits per heavy atom. The first-order valence-corrected chi connectivity index (χ1v) is 11.0. The molecule has 1 aromatic heterocycles. The van der Waals surface area contributed by atoms with Crippen molar-refractivity contribution in [3.05, 3.63) is 35.3 Å². The number of amides is 2. The molecule has 8 heteroatoms. The molecule has 2 amide bonds. The molecular formula is C23H26FN3O4. The normalized spacial score (nSPS) is 26.2. The largest absolute Gasteiger partial charge is 0.371 e. The quantitative estimate of drug-likeness (QED) is 0.785. The number of ether oxygens (including phenoxy) is 1. The smallest absolute Gasteiger partial charge is 0.226 e. The Balaban J connectivity index is 1.32. The summed E-state index contributed by atoms with van der Waals surface area (Å²) in [7, 11) is 0. The number of halogens is 1. The number of carbonyl (C=O) groups excluding carboxylic acids is 3. The molecule has 2 fully saturated rings. The molecule has 1 saturated heterocycles. The lowest BCUT2D eigenvalue weighted by atomic mass is 9.77. The Bertz CT molecular complexity index is 1050. The second-order valence-electron chi connectivity index (χ2n) is 8.79. The third kappa shape index (κ3) is 3.63. The molecule has 3 aliphatic rings. The number of Topliss-reactive ketones (excluding diaryl/α,β-unsaturated/α-hetero) is 1. The molecule has 2 aromatic rings. The zero-order valence-electron chi connectivity index (χ0n) is 17.3. The highest BCUT2D eigenvalue weighted by molar-refractivity contribution is 5.94. The maximum atomic E-state index is 14.2. The first-order chi connectivity index (χ1) is 15.0. The van der Waals surface area contributed by atoms with E-state index in [0.717, 1.165) is 29.5 Å². The predicted octanol–water partition coefficient (Wildman–Crippen LogP) is 2.08. The van der Waals surface area contributed by atoms with Crippen LogP contribution in [0.4, 0.5) is 4.39 Å². The van der Waals surface area contributed by atoms with Crippen molar-refractivity contribution in [3.8, 4) is 0 Å². The Hall–Kier alpha value is -2.74. The zero-order valence-corrected chi connectivity index (χ0v) is 17.3. The van der Waals surface area contributed by atoms with Crippen molar-refractivity contribution in [2.45, 2.75) is 44.7 Å². The van der Waals surface area contributed by atoms with Gasteiger partial charge in [-0.05, 0) is 30.9 Å².